The highest BCUT2D eigenvalue weighted by Gasteiger charge is 2.16. The average Bonchev–Trinajstić information content (AvgIpc) is 3.28. The molecule has 0 saturated heterocycles. The van der Waals surface area contributed by atoms with Gasteiger partial charge in [0.1, 0.15) is 11.5 Å². The molecule has 26 heavy (non-hydrogen) atoms. The van der Waals surface area contributed by atoms with Crippen molar-refractivity contribution in [1.82, 2.24) is 10.1 Å². The molecule has 7 nitrogen and oxygen atoms in total. The molecule has 2 aromatic heterocycles. The zero-order chi connectivity index (χ0) is 18.7. The third-order valence-electron chi connectivity index (χ3n) is 3.77. The number of aromatic nitrogens is 2. The van der Waals surface area contributed by atoms with Crippen LogP contribution in [-0.2, 0) is 6.42 Å². The maximum Gasteiger partial charge on any atom is 0.255 e. The van der Waals surface area contributed by atoms with Gasteiger partial charge in [0.15, 0.2) is 0 Å². The Morgan fingerprint density at radius 1 is 1.19 bits per heavy atom. The third kappa shape index (κ3) is 3.70. The summed E-state index contributed by atoms with van der Waals surface area (Å²) in [4.78, 5) is 18.7. The predicted octanol–water partition coefficient (Wildman–Crippen LogP) is 3.94. The Hall–Kier alpha value is -2.87. The van der Waals surface area contributed by atoms with Gasteiger partial charge in [-0.3, -0.25) is 4.79 Å². The lowest BCUT2D eigenvalue weighted by Crippen LogP contribution is -2.12. The van der Waals surface area contributed by atoms with Crippen LogP contribution in [0.1, 0.15) is 28.0 Å². The highest BCUT2D eigenvalue weighted by Crippen LogP contribution is 2.33. The van der Waals surface area contributed by atoms with Gasteiger partial charge >= 0.3 is 0 Å². The SMILES string of the molecule is CCc1nc(-c2cc(NC(=O)c3cc(OC)cc(OC)c3)c(C)s2)no1. The Bertz CT molecular complexity index is 910. The Balaban J connectivity index is 1.84. The van der Waals surface area contributed by atoms with Crippen molar-refractivity contribution >= 4 is 22.9 Å². The molecule has 1 N–H and O–H groups in total. The number of nitrogens with zero attached hydrogens (tertiary/aromatic N) is 2. The summed E-state index contributed by atoms with van der Waals surface area (Å²) in [5, 5.41) is 6.89. The summed E-state index contributed by atoms with van der Waals surface area (Å²) in [5.74, 6) is 1.96. The van der Waals surface area contributed by atoms with Gasteiger partial charge < -0.3 is 19.3 Å². The maximum atomic E-state index is 12.6. The van der Waals surface area contributed by atoms with Gasteiger partial charge in [-0.05, 0) is 25.1 Å². The van der Waals surface area contributed by atoms with Crippen LogP contribution in [-0.4, -0.2) is 30.3 Å². The molecule has 1 amide bonds. The Morgan fingerprint density at radius 3 is 2.46 bits per heavy atom. The maximum absolute atomic E-state index is 12.6. The van der Waals surface area contributed by atoms with Crippen LogP contribution in [0.15, 0.2) is 28.8 Å². The lowest BCUT2D eigenvalue weighted by atomic mass is 10.2. The molecule has 0 aliphatic carbocycles. The number of methoxy groups -OCH3 is 2. The monoisotopic (exact) mass is 373 g/mol. The molecule has 136 valence electrons. The van der Waals surface area contributed by atoms with Crippen molar-refractivity contribution in [3.8, 4) is 22.2 Å². The second kappa shape index (κ2) is 7.57. The van der Waals surface area contributed by atoms with Crippen molar-refractivity contribution in [2.75, 3.05) is 19.5 Å². The van der Waals surface area contributed by atoms with Crippen molar-refractivity contribution in [3.63, 3.8) is 0 Å². The van der Waals surface area contributed by atoms with Crippen LogP contribution in [0, 0.1) is 6.92 Å². The minimum absolute atomic E-state index is 0.253. The van der Waals surface area contributed by atoms with E-state index in [1.54, 1.807) is 32.4 Å². The van der Waals surface area contributed by atoms with Crippen LogP contribution in [0.3, 0.4) is 0 Å². The second-order valence-corrected chi connectivity index (χ2v) is 6.76. The largest absolute Gasteiger partial charge is 0.497 e. The van der Waals surface area contributed by atoms with Gasteiger partial charge in [-0.25, -0.2) is 0 Å². The van der Waals surface area contributed by atoms with E-state index in [9.17, 15) is 4.79 Å². The fourth-order valence-electron chi connectivity index (χ4n) is 2.35. The number of nitrogens with one attached hydrogen (secondary N) is 1. The molecule has 1 aromatic carbocycles. The summed E-state index contributed by atoms with van der Waals surface area (Å²) in [6.07, 6.45) is 0.679. The first kappa shape index (κ1) is 17.9. The van der Waals surface area contributed by atoms with Gasteiger partial charge in [0.05, 0.1) is 24.8 Å². The number of aryl methyl sites for hydroxylation is 2. The smallest absolute Gasteiger partial charge is 0.255 e. The summed E-state index contributed by atoms with van der Waals surface area (Å²) >= 11 is 1.49. The number of rotatable bonds is 6. The number of carbonyl (C=O) groups excluding carboxylic acids is 1. The van der Waals surface area contributed by atoms with Gasteiger partial charge in [0, 0.05) is 22.9 Å². The van der Waals surface area contributed by atoms with Gasteiger partial charge in [-0.2, -0.15) is 4.98 Å². The van der Waals surface area contributed by atoms with E-state index >= 15 is 0 Å². The van der Waals surface area contributed by atoms with E-state index in [0.29, 0.717) is 40.9 Å². The number of hydrogen-bond acceptors (Lipinski definition) is 7. The van der Waals surface area contributed by atoms with Crippen LogP contribution < -0.4 is 14.8 Å². The van der Waals surface area contributed by atoms with Crippen LogP contribution in [0.2, 0.25) is 0 Å². The van der Waals surface area contributed by atoms with E-state index in [-0.39, 0.29) is 5.91 Å². The van der Waals surface area contributed by atoms with Crippen molar-refractivity contribution < 1.29 is 18.8 Å². The summed E-state index contributed by atoms with van der Waals surface area (Å²) in [5.41, 5.74) is 1.15. The number of ether oxygens (including phenoxy) is 2. The number of benzene rings is 1. The number of thiophene rings is 1. The van der Waals surface area contributed by atoms with E-state index in [1.165, 1.54) is 11.3 Å². The molecule has 2 heterocycles. The first-order chi connectivity index (χ1) is 12.5. The lowest BCUT2D eigenvalue weighted by molar-refractivity contribution is 0.102. The van der Waals surface area contributed by atoms with E-state index in [4.69, 9.17) is 14.0 Å². The molecule has 0 radical (unpaired) electrons. The van der Waals surface area contributed by atoms with Crippen molar-refractivity contribution in [2.45, 2.75) is 20.3 Å². The molecule has 0 saturated carbocycles. The number of hydrogen-bond donors (Lipinski definition) is 1. The minimum atomic E-state index is -0.253. The van der Waals surface area contributed by atoms with Gasteiger partial charge in [0.25, 0.3) is 5.91 Å². The zero-order valence-corrected chi connectivity index (χ0v) is 15.8. The van der Waals surface area contributed by atoms with Crippen molar-refractivity contribution in [1.29, 1.82) is 0 Å². The molecule has 0 unspecified atom stereocenters. The zero-order valence-electron chi connectivity index (χ0n) is 15.0. The molecule has 0 aliphatic heterocycles. The van der Waals surface area contributed by atoms with Crippen molar-refractivity contribution in [3.05, 3.63) is 40.6 Å². The molecular formula is C18H19N3O4S. The topological polar surface area (TPSA) is 86.5 Å². The first-order valence-corrected chi connectivity index (χ1v) is 8.83. The Morgan fingerprint density at radius 2 is 1.88 bits per heavy atom. The number of anilines is 1. The molecule has 3 aromatic rings. The summed E-state index contributed by atoms with van der Waals surface area (Å²) in [6, 6.07) is 6.88. The third-order valence-corrected chi connectivity index (χ3v) is 4.82. The Kier molecular flexibility index (Phi) is 5.22. The predicted molar refractivity (Wildman–Crippen MR) is 99.2 cm³/mol. The summed E-state index contributed by atoms with van der Waals surface area (Å²) in [6.45, 7) is 3.88. The van der Waals surface area contributed by atoms with E-state index in [1.807, 2.05) is 19.9 Å². The van der Waals surface area contributed by atoms with Gasteiger partial charge in [-0.1, -0.05) is 12.1 Å². The van der Waals surface area contributed by atoms with E-state index in [2.05, 4.69) is 15.5 Å². The van der Waals surface area contributed by atoms with Crippen LogP contribution in [0.25, 0.3) is 10.7 Å². The standard InChI is InChI=1S/C18H19N3O4S/c1-5-16-20-17(21-25-16)15-9-14(10(2)26-15)19-18(22)11-6-12(23-3)8-13(7-11)24-4/h6-9H,5H2,1-4H3,(H,19,22). The highest BCUT2D eigenvalue weighted by molar-refractivity contribution is 7.16. The normalized spacial score (nSPS) is 10.6. The second-order valence-electron chi connectivity index (χ2n) is 5.50. The molecule has 0 aliphatic rings. The minimum Gasteiger partial charge on any atom is -0.497 e. The van der Waals surface area contributed by atoms with E-state index in [0.717, 1.165) is 9.75 Å². The molecule has 0 fully saturated rings. The van der Waals surface area contributed by atoms with Crippen molar-refractivity contribution in [2.24, 2.45) is 0 Å². The van der Waals surface area contributed by atoms with Gasteiger partial charge in [-0.15, -0.1) is 11.3 Å². The Labute approximate surface area is 154 Å². The fraction of sp³-hybridized carbons (Fsp3) is 0.278. The highest BCUT2D eigenvalue weighted by atomic mass is 32.1. The molecule has 8 heteroatoms. The van der Waals surface area contributed by atoms with Crippen LogP contribution in [0.5, 0.6) is 11.5 Å². The van der Waals surface area contributed by atoms with Crippen LogP contribution in [0.4, 0.5) is 5.69 Å². The lowest BCUT2D eigenvalue weighted by Gasteiger charge is -2.09. The number of carbonyl (C=O) groups is 1. The molecule has 0 spiro atoms. The molecule has 0 bridgehead atoms. The van der Waals surface area contributed by atoms with Crippen LogP contribution >= 0.6 is 11.3 Å². The van der Waals surface area contributed by atoms with E-state index < -0.39 is 0 Å². The molecule has 3 rings (SSSR count). The average molecular weight is 373 g/mol. The molecule has 0 atom stereocenters. The first-order valence-electron chi connectivity index (χ1n) is 8.01. The quantitative estimate of drug-likeness (QED) is 0.704. The van der Waals surface area contributed by atoms with Gasteiger partial charge in [0.2, 0.25) is 11.7 Å². The molecular weight excluding hydrogens is 354 g/mol. The summed E-state index contributed by atoms with van der Waals surface area (Å²) in [7, 11) is 3.09. The number of amides is 1. The fourth-order valence-corrected chi connectivity index (χ4v) is 3.25. The summed E-state index contributed by atoms with van der Waals surface area (Å²) < 4.78 is 15.6.